The van der Waals surface area contributed by atoms with Crippen LogP contribution in [0.15, 0.2) is 48.8 Å². The first-order valence-corrected chi connectivity index (χ1v) is 8.01. The zero-order chi connectivity index (χ0) is 14.9. The molecular weight excluding hydrogens is 276 g/mol. The molecule has 0 saturated heterocycles. The van der Waals surface area contributed by atoms with Crippen LogP contribution in [0.4, 0.5) is 5.69 Å². The number of pyridine rings is 1. The second-order valence-electron chi connectivity index (χ2n) is 6.27. The van der Waals surface area contributed by atoms with Gasteiger partial charge < -0.3 is 5.32 Å². The summed E-state index contributed by atoms with van der Waals surface area (Å²) in [6.07, 6.45) is 3.76. The summed E-state index contributed by atoms with van der Waals surface area (Å²) < 4.78 is 0. The van der Waals surface area contributed by atoms with E-state index in [-0.39, 0.29) is 5.41 Å². The Kier molecular flexibility index (Phi) is 3.68. The quantitative estimate of drug-likeness (QED) is 0.718. The van der Waals surface area contributed by atoms with Gasteiger partial charge in [0.15, 0.2) is 0 Å². The van der Waals surface area contributed by atoms with Crippen molar-refractivity contribution < 1.29 is 0 Å². The largest absolute Gasteiger partial charge is 0.380 e. The van der Waals surface area contributed by atoms with Crippen LogP contribution in [0.2, 0.25) is 0 Å². The normalized spacial score (nSPS) is 11.8. The highest BCUT2D eigenvalue weighted by atomic mass is 32.1. The molecule has 3 heteroatoms. The van der Waals surface area contributed by atoms with Crippen molar-refractivity contribution in [3.05, 3.63) is 58.5 Å². The smallest absolute Gasteiger partial charge is 0.0494 e. The third-order valence-corrected chi connectivity index (χ3v) is 5.05. The van der Waals surface area contributed by atoms with Gasteiger partial charge in [-0.05, 0) is 35.1 Å². The second-order valence-corrected chi connectivity index (χ2v) is 7.44. The molecule has 108 valence electrons. The highest BCUT2D eigenvalue weighted by Crippen LogP contribution is 2.30. The zero-order valence-electron chi connectivity index (χ0n) is 12.7. The monoisotopic (exact) mass is 296 g/mol. The van der Waals surface area contributed by atoms with Crippen LogP contribution in [-0.4, -0.2) is 4.98 Å². The Bertz CT molecular complexity index is 748. The van der Waals surface area contributed by atoms with Crippen molar-refractivity contribution in [3.8, 4) is 0 Å². The first-order chi connectivity index (χ1) is 10.0. The van der Waals surface area contributed by atoms with Gasteiger partial charge in [-0.3, -0.25) is 4.98 Å². The summed E-state index contributed by atoms with van der Waals surface area (Å²) in [5, 5.41) is 5.93. The minimum atomic E-state index is 0.228. The highest BCUT2D eigenvalue weighted by Gasteiger charge is 2.15. The minimum absolute atomic E-state index is 0.228. The fourth-order valence-electron chi connectivity index (χ4n) is 2.33. The van der Waals surface area contributed by atoms with Crippen LogP contribution < -0.4 is 5.32 Å². The maximum atomic E-state index is 4.23. The Hall–Kier alpha value is -1.87. The number of thiophene rings is 1. The Labute approximate surface area is 129 Å². The van der Waals surface area contributed by atoms with Crippen LogP contribution in [0, 0.1) is 0 Å². The predicted molar refractivity (Wildman–Crippen MR) is 92.1 cm³/mol. The molecule has 1 aromatic carbocycles. The molecule has 0 bridgehead atoms. The number of nitrogens with zero attached hydrogens (tertiary/aromatic N) is 1. The summed E-state index contributed by atoms with van der Waals surface area (Å²) in [6.45, 7) is 7.62. The van der Waals surface area contributed by atoms with Crippen molar-refractivity contribution in [1.29, 1.82) is 0 Å². The van der Waals surface area contributed by atoms with Crippen LogP contribution >= 0.6 is 11.3 Å². The number of nitrogens with one attached hydrogen (secondary N) is 1. The molecule has 2 aromatic heterocycles. The molecule has 0 spiro atoms. The van der Waals surface area contributed by atoms with Crippen LogP contribution in [-0.2, 0) is 12.0 Å². The van der Waals surface area contributed by atoms with Gasteiger partial charge in [-0.2, -0.15) is 0 Å². The van der Waals surface area contributed by atoms with Crippen molar-refractivity contribution >= 4 is 27.8 Å². The molecular formula is C18H20N2S. The molecule has 0 fully saturated rings. The fourth-order valence-corrected chi connectivity index (χ4v) is 3.33. The van der Waals surface area contributed by atoms with Crippen LogP contribution in [0.3, 0.4) is 0 Å². The third kappa shape index (κ3) is 3.08. The van der Waals surface area contributed by atoms with Crippen molar-refractivity contribution in [2.75, 3.05) is 5.32 Å². The van der Waals surface area contributed by atoms with Gasteiger partial charge in [0, 0.05) is 39.8 Å². The van der Waals surface area contributed by atoms with Gasteiger partial charge in [0.1, 0.15) is 0 Å². The first kappa shape index (κ1) is 14.1. The lowest BCUT2D eigenvalue weighted by atomic mass is 9.95. The number of hydrogen-bond acceptors (Lipinski definition) is 3. The Morgan fingerprint density at radius 1 is 1.10 bits per heavy atom. The highest BCUT2D eigenvalue weighted by molar-refractivity contribution is 7.12. The summed E-state index contributed by atoms with van der Waals surface area (Å²) in [5.74, 6) is 0. The van der Waals surface area contributed by atoms with E-state index in [4.69, 9.17) is 0 Å². The number of hydrogen-bond donors (Lipinski definition) is 1. The van der Waals surface area contributed by atoms with E-state index in [0.29, 0.717) is 0 Å². The number of fused-ring (bicyclic) bond motifs is 1. The summed E-state index contributed by atoms with van der Waals surface area (Å²) >= 11 is 1.89. The van der Waals surface area contributed by atoms with Gasteiger partial charge in [0.05, 0.1) is 0 Å². The van der Waals surface area contributed by atoms with Crippen LogP contribution in [0.1, 0.15) is 30.5 Å². The molecule has 0 aliphatic heterocycles. The summed E-state index contributed by atoms with van der Waals surface area (Å²) in [4.78, 5) is 7.02. The Balaban J connectivity index is 1.79. The number of benzene rings is 1. The average Bonchev–Trinajstić information content (AvgIpc) is 2.94. The molecule has 0 aliphatic carbocycles. The lowest BCUT2D eigenvalue weighted by Crippen LogP contribution is -2.07. The maximum absolute atomic E-state index is 4.23. The molecule has 0 unspecified atom stereocenters. The maximum Gasteiger partial charge on any atom is 0.0494 e. The first-order valence-electron chi connectivity index (χ1n) is 7.20. The molecule has 0 amide bonds. The number of anilines is 1. The third-order valence-electron chi connectivity index (χ3n) is 3.54. The molecule has 2 heterocycles. The molecule has 0 radical (unpaired) electrons. The zero-order valence-corrected chi connectivity index (χ0v) is 13.5. The average molecular weight is 296 g/mol. The van der Waals surface area contributed by atoms with Gasteiger partial charge in [0.2, 0.25) is 0 Å². The van der Waals surface area contributed by atoms with Crippen molar-refractivity contribution in [1.82, 2.24) is 4.98 Å². The van der Waals surface area contributed by atoms with E-state index in [1.807, 2.05) is 29.8 Å². The Morgan fingerprint density at radius 3 is 2.71 bits per heavy atom. The topological polar surface area (TPSA) is 24.9 Å². The van der Waals surface area contributed by atoms with E-state index in [9.17, 15) is 0 Å². The molecule has 21 heavy (non-hydrogen) atoms. The summed E-state index contributed by atoms with van der Waals surface area (Å²) in [5.41, 5.74) is 1.37. The van der Waals surface area contributed by atoms with Gasteiger partial charge in [-0.25, -0.2) is 0 Å². The van der Waals surface area contributed by atoms with E-state index in [0.717, 1.165) is 12.2 Å². The Morgan fingerprint density at radius 2 is 1.95 bits per heavy atom. The lowest BCUT2D eigenvalue weighted by molar-refractivity contribution is 0.604. The van der Waals surface area contributed by atoms with Gasteiger partial charge in [0.25, 0.3) is 0 Å². The lowest BCUT2D eigenvalue weighted by Gasteiger charge is -2.15. The van der Waals surface area contributed by atoms with Crippen molar-refractivity contribution in [2.24, 2.45) is 0 Å². The molecule has 0 aliphatic rings. The van der Waals surface area contributed by atoms with E-state index >= 15 is 0 Å². The van der Waals surface area contributed by atoms with E-state index < -0.39 is 0 Å². The number of rotatable bonds is 3. The molecule has 2 nitrogen and oxygen atoms in total. The van der Waals surface area contributed by atoms with E-state index in [1.54, 1.807) is 0 Å². The SMILES string of the molecule is CC(C)(C)c1ccc(CNc2cccc3ccncc23)s1. The van der Waals surface area contributed by atoms with Crippen LogP contribution in [0.25, 0.3) is 10.8 Å². The molecule has 0 saturated carbocycles. The second kappa shape index (κ2) is 5.49. The molecule has 3 rings (SSSR count). The summed E-state index contributed by atoms with van der Waals surface area (Å²) in [7, 11) is 0. The van der Waals surface area contributed by atoms with Gasteiger partial charge in [-0.15, -0.1) is 11.3 Å². The molecule has 0 atom stereocenters. The molecule has 1 N–H and O–H groups in total. The molecule has 3 aromatic rings. The van der Waals surface area contributed by atoms with Gasteiger partial charge >= 0.3 is 0 Å². The van der Waals surface area contributed by atoms with Gasteiger partial charge in [-0.1, -0.05) is 32.9 Å². The van der Waals surface area contributed by atoms with Crippen molar-refractivity contribution in [3.63, 3.8) is 0 Å². The van der Waals surface area contributed by atoms with Crippen LogP contribution in [0.5, 0.6) is 0 Å². The predicted octanol–water partition coefficient (Wildman–Crippen LogP) is 5.21. The van der Waals surface area contributed by atoms with Crippen molar-refractivity contribution in [2.45, 2.75) is 32.7 Å². The van der Waals surface area contributed by atoms with E-state index in [1.165, 1.54) is 20.5 Å². The fraction of sp³-hybridized carbons (Fsp3) is 0.278. The van der Waals surface area contributed by atoms with E-state index in [2.05, 4.69) is 61.4 Å². The minimum Gasteiger partial charge on any atom is -0.380 e. The summed E-state index contributed by atoms with van der Waals surface area (Å²) in [6, 6.07) is 12.8. The standard InChI is InChI=1S/C18H20N2S/c1-18(2,3)17-8-7-14(21-17)11-20-16-6-4-5-13-9-10-19-12-15(13)16/h4-10,12,20H,11H2,1-3H3. The number of aromatic nitrogens is 1.